The second kappa shape index (κ2) is 20.9. The Morgan fingerprint density at radius 1 is 0.926 bits per heavy atom. The summed E-state index contributed by atoms with van der Waals surface area (Å²) in [7, 11) is 0. The van der Waals surface area contributed by atoms with Crippen LogP contribution < -0.4 is 0 Å². The van der Waals surface area contributed by atoms with E-state index >= 15 is 0 Å². The van der Waals surface area contributed by atoms with Crippen LogP contribution in [0, 0.1) is 0 Å². The van der Waals surface area contributed by atoms with Crippen molar-refractivity contribution in [3.8, 4) is 0 Å². The number of carbonyl (C=O) groups is 1. The molecule has 0 aliphatic rings. The minimum atomic E-state index is -0.536. The van der Waals surface area contributed by atoms with Gasteiger partial charge in [0.05, 0.1) is 13.2 Å². The van der Waals surface area contributed by atoms with E-state index in [1.54, 1.807) is 0 Å². The molecule has 0 bridgehead atoms. The second-order valence-corrected chi connectivity index (χ2v) is 6.62. The van der Waals surface area contributed by atoms with E-state index in [-0.39, 0.29) is 19.2 Å². The number of ether oxygens (including phenoxy) is 2. The molecule has 0 saturated carbocycles. The molecule has 0 spiro atoms. The fourth-order valence-corrected chi connectivity index (χ4v) is 2.43. The molecule has 4 heteroatoms. The van der Waals surface area contributed by atoms with Gasteiger partial charge in [-0.3, -0.25) is 4.79 Å². The van der Waals surface area contributed by atoms with Crippen LogP contribution in [0.15, 0.2) is 36.5 Å². The first-order chi connectivity index (χ1) is 13.2. The van der Waals surface area contributed by atoms with Crippen molar-refractivity contribution in [2.24, 2.45) is 0 Å². The summed E-state index contributed by atoms with van der Waals surface area (Å²) in [5.74, 6) is -0.267. The standard InChI is InChI=1S/C23H40O4/c1-3-5-6-7-8-9-10-11-12-13-14-15-16-17-19-26-21-22(20-24)27-23(25)18-4-2/h5-6,8-9,11-12,22,24H,3-4,7,10,13-21H2,1-2H3/b6-5-,9-8-,12-11-. The Balaban J connectivity index is 3.44. The highest BCUT2D eigenvalue weighted by Gasteiger charge is 2.12. The van der Waals surface area contributed by atoms with E-state index in [1.165, 1.54) is 12.8 Å². The maximum absolute atomic E-state index is 11.4. The molecule has 0 saturated heterocycles. The summed E-state index contributed by atoms with van der Waals surface area (Å²) in [5.41, 5.74) is 0. The van der Waals surface area contributed by atoms with Gasteiger partial charge in [-0.25, -0.2) is 0 Å². The van der Waals surface area contributed by atoms with Gasteiger partial charge in [-0.15, -0.1) is 0 Å². The molecule has 0 fully saturated rings. The number of unbranched alkanes of at least 4 members (excludes halogenated alkanes) is 4. The molecule has 0 aromatic rings. The Morgan fingerprint density at radius 2 is 1.59 bits per heavy atom. The number of rotatable bonds is 18. The van der Waals surface area contributed by atoms with E-state index in [2.05, 4.69) is 43.4 Å². The SMILES string of the molecule is CC/C=C\C/C=C\C/C=C\CCCCCCOCC(CO)OC(=O)CCC. The summed E-state index contributed by atoms with van der Waals surface area (Å²) in [6.07, 6.45) is 22.7. The van der Waals surface area contributed by atoms with E-state index in [9.17, 15) is 9.90 Å². The first kappa shape index (κ1) is 25.6. The predicted octanol–water partition coefficient (Wildman–Crippen LogP) is 5.52. The molecular weight excluding hydrogens is 340 g/mol. The summed E-state index contributed by atoms with van der Waals surface area (Å²) < 4.78 is 10.6. The number of carbonyl (C=O) groups excluding carboxylic acids is 1. The molecule has 1 unspecified atom stereocenters. The molecule has 0 radical (unpaired) electrons. The summed E-state index contributed by atoms with van der Waals surface area (Å²) >= 11 is 0. The van der Waals surface area contributed by atoms with Gasteiger partial charge in [0.25, 0.3) is 0 Å². The third-order valence-electron chi connectivity index (χ3n) is 3.95. The van der Waals surface area contributed by atoms with Crippen LogP contribution in [0.4, 0.5) is 0 Å². The number of allylic oxidation sites excluding steroid dienone is 6. The van der Waals surface area contributed by atoms with Gasteiger partial charge in [-0.1, -0.05) is 63.1 Å². The summed E-state index contributed by atoms with van der Waals surface area (Å²) in [5, 5.41) is 9.20. The highest BCUT2D eigenvalue weighted by atomic mass is 16.6. The van der Waals surface area contributed by atoms with Gasteiger partial charge in [-0.2, -0.15) is 0 Å². The molecule has 0 aliphatic heterocycles. The lowest BCUT2D eigenvalue weighted by Crippen LogP contribution is -2.27. The van der Waals surface area contributed by atoms with Crippen LogP contribution in [-0.2, 0) is 14.3 Å². The molecule has 0 heterocycles. The van der Waals surface area contributed by atoms with Crippen molar-refractivity contribution in [1.29, 1.82) is 0 Å². The van der Waals surface area contributed by atoms with Gasteiger partial charge in [-0.05, 0) is 44.9 Å². The van der Waals surface area contributed by atoms with Gasteiger partial charge in [0, 0.05) is 13.0 Å². The minimum absolute atomic E-state index is 0.188. The van der Waals surface area contributed by atoms with E-state index in [0.717, 1.165) is 44.9 Å². The third kappa shape index (κ3) is 19.2. The molecule has 0 aliphatic carbocycles. The fourth-order valence-electron chi connectivity index (χ4n) is 2.43. The zero-order valence-electron chi connectivity index (χ0n) is 17.4. The van der Waals surface area contributed by atoms with E-state index in [1.807, 2.05) is 6.92 Å². The van der Waals surface area contributed by atoms with Crippen molar-refractivity contribution < 1.29 is 19.4 Å². The lowest BCUT2D eigenvalue weighted by Gasteiger charge is -2.15. The molecular formula is C23H40O4. The van der Waals surface area contributed by atoms with Gasteiger partial charge < -0.3 is 14.6 Å². The Hall–Kier alpha value is -1.39. The van der Waals surface area contributed by atoms with Crippen LogP contribution in [0.25, 0.3) is 0 Å². The largest absolute Gasteiger partial charge is 0.457 e. The molecule has 156 valence electrons. The highest BCUT2D eigenvalue weighted by Crippen LogP contribution is 2.05. The van der Waals surface area contributed by atoms with Crippen LogP contribution in [0.3, 0.4) is 0 Å². The van der Waals surface area contributed by atoms with E-state index < -0.39 is 6.10 Å². The Labute approximate surface area is 166 Å². The van der Waals surface area contributed by atoms with Crippen molar-refractivity contribution in [2.45, 2.75) is 84.2 Å². The van der Waals surface area contributed by atoms with Crippen molar-refractivity contribution in [3.05, 3.63) is 36.5 Å². The number of esters is 1. The fraction of sp³-hybridized carbons (Fsp3) is 0.696. The monoisotopic (exact) mass is 380 g/mol. The summed E-state index contributed by atoms with van der Waals surface area (Å²) in [6, 6.07) is 0. The maximum atomic E-state index is 11.4. The normalized spacial score (nSPS) is 13.1. The number of aliphatic hydroxyl groups excluding tert-OH is 1. The van der Waals surface area contributed by atoms with Crippen LogP contribution in [0.2, 0.25) is 0 Å². The summed E-state index contributed by atoms with van der Waals surface area (Å²) in [6.45, 7) is 4.81. The predicted molar refractivity (Wildman–Crippen MR) is 113 cm³/mol. The second-order valence-electron chi connectivity index (χ2n) is 6.62. The first-order valence-corrected chi connectivity index (χ1v) is 10.6. The lowest BCUT2D eigenvalue weighted by molar-refractivity contribution is -0.154. The first-order valence-electron chi connectivity index (χ1n) is 10.6. The number of hydrogen-bond acceptors (Lipinski definition) is 4. The van der Waals surface area contributed by atoms with Crippen LogP contribution in [0.5, 0.6) is 0 Å². The zero-order valence-corrected chi connectivity index (χ0v) is 17.4. The topological polar surface area (TPSA) is 55.8 Å². The van der Waals surface area contributed by atoms with Crippen molar-refractivity contribution in [3.63, 3.8) is 0 Å². The van der Waals surface area contributed by atoms with Gasteiger partial charge in [0.15, 0.2) is 0 Å². The lowest BCUT2D eigenvalue weighted by atomic mass is 10.1. The average Bonchev–Trinajstić information content (AvgIpc) is 2.66. The number of hydrogen-bond donors (Lipinski definition) is 1. The molecule has 1 N–H and O–H groups in total. The molecule has 0 rings (SSSR count). The average molecular weight is 381 g/mol. The maximum Gasteiger partial charge on any atom is 0.306 e. The third-order valence-corrected chi connectivity index (χ3v) is 3.95. The Kier molecular flexibility index (Phi) is 19.8. The van der Waals surface area contributed by atoms with E-state index in [0.29, 0.717) is 13.0 Å². The molecule has 27 heavy (non-hydrogen) atoms. The Morgan fingerprint density at radius 3 is 2.26 bits per heavy atom. The molecule has 0 aromatic heterocycles. The molecule has 4 nitrogen and oxygen atoms in total. The Bertz CT molecular complexity index is 413. The smallest absolute Gasteiger partial charge is 0.306 e. The molecule has 1 atom stereocenters. The summed E-state index contributed by atoms with van der Waals surface area (Å²) in [4.78, 5) is 11.4. The van der Waals surface area contributed by atoms with Crippen LogP contribution >= 0.6 is 0 Å². The van der Waals surface area contributed by atoms with Crippen molar-refractivity contribution >= 4 is 5.97 Å². The zero-order chi connectivity index (χ0) is 20.0. The molecule has 0 amide bonds. The molecule has 0 aromatic carbocycles. The van der Waals surface area contributed by atoms with E-state index in [4.69, 9.17) is 9.47 Å². The van der Waals surface area contributed by atoms with Gasteiger partial charge >= 0.3 is 5.97 Å². The quantitative estimate of drug-likeness (QED) is 0.193. The minimum Gasteiger partial charge on any atom is -0.457 e. The van der Waals surface area contributed by atoms with Crippen molar-refractivity contribution in [1.82, 2.24) is 0 Å². The van der Waals surface area contributed by atoms with Crippen LogP contribution in [0.1, 0.15) is 78.1 Å². The van der Waals surface area contributed by atoms with Crippen LogP contribution in [-0.4, -0.2) is 37.0 Å². The van der Waals surface area contributed by atoms with Gasteiger partial charge in [0.2, 0.25) is 0 Å². The highest BCUT2D eigenvalue weighted by molar-refractivity contribution is 5.69. The van der Waals surface area contributed by atoms with Gasteiger partial charge in [0.1, 0.15) is 6.10 Å². The van der Waals surface area contributed by atoms with Crippen molar-refractivity contribution in [2.75, 3.05) is 19.8 Å². The number of aliphatic hydroxyl groups is 1.